The lowest BCUT2D eigenvalue weighted by atomic mass is 10.00. The van der Waals surface area contributed by atoms with Crippen LogP contribution in [0.25, 0.3) is 16.7 Å². The molecule has 2 aromatic carbocycles. The standard InChI is InChI=1S/C21H15F2N5O2/c22-14-2-1-3-16(9-14)28-19(29)17-10-24-20(25-18(17)26-21(28)30)27-7-6-12-8-15(23)5-4-13(12)11-27/h1-5,8-10H,6-7,11H2,(H,24,25,26,30). The number of anilines is 1. The van der Waals surface area contributed by atoms with E-state index < -0.39 is 17.1 Å². The summed E-state index contributed by atoms with van der Waals surface area (Å²) in [4.78, 5) is 38.5. The molecule has 0 radical (unpaired) electrons. The number of hydrogen-bond donors (Lipinski definition) is 1. The fraction of sp³-hybridized carbons (Fsp3) is 0.143. The second-order valence-corrected chi connectivity index (χ2v) is 7.07. The van der Waals surface area contributed by atoms with E-state index in [1.54, 1.807) is 6.07 Å². The van der Waals surface area contributed by atoms with Crippen molar-refractivity contribution in [2.75, 3.05) is 11.4 Å². The van der Waals surface area contributed by atoms with E-state index in [-0.39, 0.29) is 22.5 Å². The lowest BCUT2D eigenvalue weighted by Gasteiger charge is -2.28. The van der Waals surface area contributed by atoms with Gasteiger partial charge in [-0.3, -0.25) is 9.78 Å². The summed E-state index contributed by atoms with van der Waals surface area (Å²) in [6.07, 6.45) is 1.98. The number of rotatable bonds is 2. The van der Waals surface area contributed by atoms with Gasteiger partial charge in [-0.05, 0) is 47.9 Å². The fourth-order valence-corrected chi connectivity index (χ4v) is 3.69. The second kappa shape index (κ2) is 6.87. The molecular weight excluding hydrogens is 392 g/mol. The molecule has 0 unspecified atom stereocenters. The Labute approximate surface area is 168 Å². The molecule has 2 aromatic heterocycles. The summed E-state index contributed by atoms with van der Waals surface area (Å²) in [5.41, 5.74) is 0.784. The molecule has 5 rings (SSSR count). The molecule has 1 aliphatic rings. The summed E-state index contributed by atoms with van der Waals surface area (Å²) in [5.74, 6) is -0.469. The summed E-state index contributed by atoms with van der Waals surface area (Å²) in [5, 5.41) is 0.113. The van der Waals surface area contributed by atoms with Crippen molar-refractivity contribution >= 4 is 17.0 Å². The van der Waals surface area contributed by atoms with E-state index in [1.165, 1.54) is 36.5 Å². The van der Waals surface area contributed by atoms with Crippen molar-refractivity contribution in [3.8, 4) is 5.69 Å². The normalized spacial score (nSPS) is 13.5. The molecular formula is C21H15F2N5O2. The lowest BCUT2D eigenvalue weighted by molar-refractivity contribution is 0.618. The Kier molecular flexibility index (Phi) is 4.16. The number of benzene rings is 2. The summed E-state index contributed by atoms with van der Waals surface area (Å²) in [6, 6.07) is 9.89. The molecule has 0 bridgehead atoms. The van der Waals surface area contributed by atoms with Crippen LogP contribution in [0.1, 0.15) is 11.1 Å². The van der Waals surface area contributed by atoms with E-state index >= 15 is 0 Å². The quantitative estimate of drug-likeness (QED) is 0.551. The smallest absolute Gasteiger partial charge is 0.334 e. The van der Waals surface area contributed by atoms with Gasteiger partial charge in [-0.15, -0.1) is 0 Å². The van der Waals surface area contributed by atoms with Crippen molar-refractivity contribution in [1.29, 1.82) is 0 Å². The Morgan fingerprint density at radius 3 is 2.67 bits per heavy atom. The second-order valence-electron chi connectivity index (χ2n) is 7.07. The Morgan fingerprint density at radius 1 is 1.00 bits per heavy atom. The van der Waals surface area contributed by atoms with Crippen LogP contribution in [0.3, 0.4) is 0 Å². The molecule has 4 aromatic rings. The van der Waals surface area contributed by atoms with Gasteiger partial charge in [-0.25, -0.2) is 23.1 Å². The third kappa shape index (κ3) is 3.04. The van der Waals surface area contributed by atoms with E-state index in [0.717, 1.165) is 21.8 Å². The predicted molar refractivity (Wildman–Crippen MR) is 107 cm³/mol. The average molecular weight is 407 g/mol. The van der Waals surface area contributed by atoms with Gasteiger partial charge in [0.15, 0.2) is 5.65 Å². The molecule has 1 N–H and O–H groups in total. The first kappa shape index (κ1) is 18.2. The van der Waals surface area contributed by atoms with Crippen molar-refractivity contribution in [1.82, 2.24) is 19.5 Å². The van der Waals surface area contributed by atoms with Crippen LogP contribution >= 0.6 is 0 Å². The highest BCUT2D eigenvalue weighted by molar-refractivity contribution is 5.73. The summed E-state index contributed by atoms with van der Waals surface area (Å²) in [6.45, 7) is 1.07. The highest BCUT2D eigenvalue weighted by Crippen LogP contribution is 2.23. The highest BCUT2D eigenvalue weighted by atomic mass is 19.1. The molecule has 0 aliphatic carbocycles. The molecule has 0 atom stereocenters. The molecule has 0 spiro atoms. The molecule has 150 valence electrons. The first-order chi connectivity index (χ1) is 14.5. The Hall–Kier alpha value is -3.88. The summed E-state index contributed by atoms with van der Waals surface area (Å²) >= 11 is 0. The molecule has 1 aliphatic heterocycles. The van der Waals surface area contributed by atoms with Gasteiger partial charge in [0.1, 0.15) is 17.0 Å². The van der Waals surface area contributed by atoms with Gasteiger partial charge in [0.2, 0.25) is 5.95 Å². The van der Waals surface area contributed by atoms with Gasteiger partial charge in [0.05, 0.1) is 5.69 Å². The Balaban J connectivity index is 1.56. The van der Waals surface area contributed by atoms with Gasteiger partial charge in [0, 0.05) is 19.3 Å². The maximum absolute atomic E-state index is 13.5. The Morgan fingerprint density at radius 2 is 1.83 bits per heavy atom. The van der Waals surface area contributed by atoms with Gasteiger partial charge >= 0.3 is 5.69 Å². The first-order valence-corrected chi connectivity index (χ1v) is 9.30. The van der Waals surface area contributed by atoms with Gasteiger partial charge < -0.3 is 4.90 Å². The number of H-pyrrole nitrogens is 1. The van der Waals surface area contributed by atoms with E-state index in [1.807, 2.05) is 4.90 Å². The zero-order valence-electron chi connectivity index (χ0n) is 15.6. The molecule has 0 saturated carbocycles. The molecule has 0 amide bonds. The van der Waals surface area contributed by atoms with Crippen LogP contribution in [-0.4, -0.2) is 26.1 Å². The van der Waals surface area contributed by atoms with Gasteiger partial charge in [0.25, 0.3) is 5.56 Å². The number of nitrogens with one attached hydrogen (secondary N) is 1. The van der Waals surface area contributed by atoms with Crippen molar-refractivity contribution < 1.29 is 8.78 Å². The van der Waals surface area contributed by atoms with E-state index in [0.29, 0.717) is 25.5 Å². The van der Waals surface area contributed by atoms with Gasteiger partial charge in [-0.2, -0.15) is 4.98 Å². The van der Waals surface area contributed by atoms with E-state index in [2.05, 4.69) is 15.0 Å². The van der Waals surface area contributed by atoms with Crippen molar-refractivity contribution in [2.45, 2.75) is 13.0 Å². The largest absolute Gasteiger partial charge is 0.336 e. The highest BCUT2D eigenvalue weighted by Gasteiger charge is 2.20. The number of nitrogens with zero attached hydrogens (tertiary/aromatic N) is 4. The zero-order chi connectivity index (χ0) is 20.8. The molecule has 7 nitrogen and oxygen atoms in total. The third-order valence-corrected chi connectivity index (χ3v) is 5.17. The van der Waals surface area contributed by atoms with Crippen molar-refractivity contribution in [3.63, 3.8) is 0 Å². The molecule has 0 saturated heterocycles. The maximum atomic E-state index is 13.5. The third-order valence-electron chi connectivity index (χ3n) is 5.17. The first-order valence-electron chi connectivity index (χ1n) is 9.30. The zero-order valence-corrected chi connectivity index (χ0v) is 15.6. The average Bonchev–Trinajstić information content (AvgIpc) is 2.73. The number of aromatic amines is 1. The number of fused-ring (bicyclic) bond motifs is 2. The molecule has 30 heavy (non-hydrogen) atoms. The van der Waals surface area contributed by atoms with Crippen LogP contribution < -0.4 is 16.1 Å². The monoisotopic (exact) mass is 407 g/mol. The minimum absolute atomic E-state index is 0.104. The minimum Gasteiger partial charge on any atom is -0.336 e. The number of hydrogen-bond acceptors (Lipinski definition) is 5. The summed E-state index contributed by atoms with van der Waals surface area (Å²) < 4.78 is 27.8. The minimum atomic E-state index is -0.720. The lowest BCUT2D eigenvalue weighted by Crippen LogP contribution is -2.35. The number of halogens is 2. The number of aromatic nitrogens is 4. The maximum Gasteiger partial charge on any atom is 0.334 e. The van der Waals surface area contributed by atoms with Crippen LogP contribution in [0.15, 0.2) is 58.3 Å². The van der Waals surface area contributed by atoms with Crippen LogP contribution in [0.4, 0.5) is 14.7 Å². The SMILES string of the molecule is O=c1[nH]c2nc(N3CCc4cc(F)ccc4C3)ncc2c(=O)n1-c1cccc(F)c1. The molecule has 3 heterocycles. The van der Waals surface area contributed by atoms with Crippen molar-refractivity contribution in [3.05, 3.63) is 92.3 Å². The predicted octanol–water partition coefficient (Wildman–Crippen LogP) is 2.31. The Bertz CT molecular complexity index is 1410. The van der Waals surface area contributed by atoms with Gasteiger partial charge in [-0.1, -0.05) is 12.1 Å². The molecule has 0 fully saturated rings. The van der Waals surface area contributed by atoms with Crippen LogP contribution in [-0.2, 0) is 13.0 Å². The van der Waals surface area contributed by atoms with Crippen molar-refractivity contribution in [2.24, 2.45) is 0 Å². The summed E-state index contributed by atoms with van der Waals surface area (Å²) in [7, 11) is 0. The van der Waals surface area contributed by atoms with Crippen LogP contribution in [0.5, 0.6) is 0 Å². The molecule has 9 heteroatoms. The van der Waals surface area contributed by atoms with E-state index in [4.69, 9.17) is 0 Å². The fourth-order valence-electron chi connectivity index (χ4n) is 3.69. The van der Waals surface area contributed by atoms with E-state index in [9.17, 15) is 18.4 Å². The van der Waals surface area contributed by atoms with Crippen LogP contribution in [0.2, 0.25) is 0 Å². The van der Waals surface area contributed by atoms with Crippen LogP contribution in [0, 0.1) is 11.6 Å². The topological polar surface area (TPSA) is 83.9 Å².